The molecule has 20 heavy (non-hydrogen) atoms. The van der Waals surface area contributed by atoms with E-state index in [1.807, 2.05) is 10.6 Å². The quantitative estimate of drug-likeness (QED) is 0.559. The summed E-state index contributed by atoms with van der Waals surface area (Å²) in [6.07, 6.45) is 0. The maximum Gasteiger partial charge on any atom is 0.394 e. The molecule has 0 saturated carbocycles. The molecule has 0 atom stereocenters. The van der Waals surface area contributed by atoms with Crippen LogP contribution in [-0.2, 0) is 19.2 Å². The summed E-state index contributed by atoms with van der Waals surface area (Å²) in [5.74, 6) is -5.76. The summed E-state index contributed by atoms with van der Waals surface area (Å²) in [5, 5.41) is 21.0. The van der Waals surface area contributed by atoms with Gasteiger partial charge in [0, 0.05) is 23.5 Å². The molecule has 2 amide bonds. The highest BCUT2D eigenvalue weighted by Gasteiger charge is 2.15. The zero-order valence-electron chi connectivity index (χ0n) is 10.2. The standard InChI is InChI=1S/C11H10N2O7/c1-20-7-3-5(12-8(14)10(16)17)2-6(4-7)13-9(15)11(18)19/h2-4H,1H3,(H,12,14)(H,13,15)(H,16,17)(H,18,19). The summed E-state index contributed by atoms with van der Waals surface area (Å²) in [6.45, 7) is 0. The number of amides is 2. The predicted molar refractivity (Wildman–Crippen MR) is 65.5 cm³/mol. The monoisotopic (exact) mass is 282 g/mol. The minimum Gasteiger partial charge on any atom is -0.497 e. The Balaban J connectivity index is 3.02. The van der Waals surface area contributed by atoms with Gasteiger partial charge in [-0.15, -0.1) is 0 Å². The van der Waals surface area contributed by atoms with Crippen molar-refractivity contribution in [2.45, 2.75) is 0 Å². The van der Waals surface area contributed by atoms with Crippen LogP contribution in [0.5, 0.6) is 5.75 Å². The highest BCUT2D eigenvalue weighted by atomic mass is 16.5. The van der Waals surface area contributed by atoms with Crippen molar-refractivity contribution in [1.82, 2.24) is 0 Å². The van der Waals surface area contributed by atoms with E-state index in [4.69, 9.17) is 14.9 Å². The van der Waals surface area contributed by atoms with Crippen LogP contribution in [0.1, 0.15) is 0 Å². The number of nitrogens with one attached hydrogen (secondary N) is 2. The van der Waals surface area contributed by atoms with E-state index in [2.05, 4.69) is 0 Å². The van der Waals surface area contributed by atoms with Crippen molar-refractivity contribution in [1.29, 1.82) is 0 Å². The average molecular weight is 282 g/mol. The van der Waals surface area contributed by atoms with Gasteiger partial charge in [-0.3, -0.25) is 9.59 Å². The van der Waals surface area contributed by atoms with Gasteiger partial charge in [-0.1, -0.05) is 0 Å². The fourth-order valence-corrected chi connectivity index (χ4v) is 1.23. The molecule has 4 N–H and O–H groups in total. The molecule has 0 unspecified atom stereocenters. The first-order valence-corrected chi connectivity index (χ1v) is 5.11. The molecule has 0 aromatic heterocycles. The van der Waals surface area contributed by atoms with Crippen LogP contribution in [0.3, 0.4) is 0 Å². The first kappa shape index (κ1) is 15.0. The van der Waals surface area contributed by atoms with Crippen molar-refractivity contribution in [3.05, 3.63) is 18.2 Å². The number of hydrogen-bond acceptors (Lipinski definition) is 5. The van der Waals surface area contributed by atoms with Crippen LogP contribution in [0.2, 0.25) is 0 Å². The largest absolute Gasteiger partial charge is 0.497 e. The lowest BCUT2D eigenvalue weighted by Gasteiger charge is -2.09. The van der Waals surface area contributed by atoms with E-state index in [0.29, 0.717) is 0 Å². The molecule has 1 rings (SSSR count). The van der Waals surface area contributed by atoms with Gasteiger partial charge >= 0.3 is 23.8 Å². The van der Waals surface area contributed by atoms with E-state index in [1.165, 1.54) is 25.3 Å². The maximum atomic E-state index is 11.0. The van der Waals surface area contributed by atoms with E-state index in [-0.39, 0.29) is 17.1 Å². The van der Waals surface area contributed by atoms with Crippen LogP contribution in [-0.4, -0.2) is 41.1 Å². The van der Waals surface area contributed by atoms with Gasteiger partial charge in [-0.2, -0.15) is 0 Å². The number of aliphatic carboxylic acids is 2. The molecule has 0 heterocycles. The average Bonchev–Trinajstić information content (AvgIpc) is 2.37. The summed E-state index contributed by atoms with van der Waals surface area (Å²) in [7, 11) is 1.31. The number of carbonyl (C=O) groups is 4. The van der Waals surface area contributed by atoms with E-state index in [0.717, 1.165) is 0 Å². The lowest BCUT2D eigenvalue weighted by molar-refractivity contribution is -0.147. The second-order valence-electron chi connectivity index (χ2n) is 3.47. The number of benzene rings is 1. The van der Waals surface area contributed by atoms with Gasteiger partial charge in [0.2, 0.25) is 0 Å². The molecule has 9 nitrogen and oxygen atoms in total. The minimum atomic E-state index is -1.69. The Morgan fingerprint density at radius 2 is 1.30 bits per heavy atom. The number of methoxy groups -OCH3 is 1. The summed E-state index contributed by atoms with van der Waals surface area (Å²) in [6, 6.07) is 3.79. The second-order valence-corrected chi connectivity index (χ2v) is 3.47. The first-order chi connectivity index (χ1) is 9.33. The SMILES string of the molecule is COc1cc(NC(=O)C(=O)O)cc(NC(=O)C(=O)O)c1. The summed E-state index contributed by atoms with van der Waals surface area (Å²) >= 11 is 0. The van der Waals surface area contributed by atoms with Gasteiger partial charge in [0.15, 0.2) is 0 Å². The number of hydrogen-bond donors (Lipinski definition) is 4. The molecule has 0 spiro atoms. The highest BCUT2D eigenvalue weighted by Crippen LogP contribution is 2.24. The Morgan fingerprint density at radius 3 is 1.60 bits per heavy atom. The molecular formula is C11H10N2O7. The van der Waals surface area contributed by atoms with Crippen LogP contribution in [0.15, 0.2) is 18.2 Å². The molecule has 1 aromatic carbocycles. The second kappa shape index (κ2) is 6.18. The van der Waals surface area contributed by atoms with Crippen molar-refractivity contribution in [2.75, 3.05) is 17.7 Å². The van der Waals surface area contributed by atoms with Crippen molar-refractivity contribution in [2.24, 2.45) is 0 Å². The Labute approximate surface area is 112 Å². The topological polar surface area (TPSA) is 142 Å². The van der Waals surface area contributed by atoms with Crippen LogP contribution >= 0.6 is 0 Å². The third-order valence-corrected chi connectivity index (χ3v) is 2.05. The van der Waals surface area contributed by atoms with E-state index >= 15 is 0 Å². The molecule has 0 aliphatic heterocycles. The number of ether oxygens (including phenoxy) is 1. The molecular weight excluding hydrogens is 272 g/mol. The molecule has 0 aliphatic carbocycles. The molecule has 106 valence electrons. The van der Waals surface area contributed by atoms with Gasteiger partial charge in [0.1, 0.15) is 5.75 Å². The third kappa shape index (κ3) is 3.98. The molecule has 0 aliphatic rings. The summed E-state index contributed by atoms with van der Waals surface area (Å²) < 4.78 is 4.88. The lowest BCUT2D eigenvalue weighted by atomic mass is 10.2. The zero-order chi connectivity index (χ0) is 15.3. The van der Waals surface area contributed by atoms with Crippen LogP contribution in [0, 0.1) is 0 Å². The van der Waals surface area contributed by atoms with Crippen molar-refractivity contribution >= 4 is 35.1 Å². The number of rotatable bonds is 3. The van der Waals surface area contributed by atoms with Gasteiger partial charge in [-0.25, -0.2) is 9.59 Å². The number of carboxylic acids is 2. The van der Waals surface area contributed by atoms with Crippen LogP contribution in [0.25, 0.3) is 0 Å². The van der Waals surface area contributed by atoms with Crippen LogP contribution in [0.4, 0.5) is 11.4 Å². The van der Waals surface area contributed by atoms with Crippen molar-refractivity contribution in [3.8, 4) is 5.75 Å². The van der Waals surface area contributed by atoms with Gasteiger partial charge in [0.05, 0.1) is 7.11 Å². The first-order valence-electron chi connectivity index (χ1n) is 5.11. The molecule has 0 fully saturated rings. The van der Waals surface area contributed by atoms with Crippen molar-refractivity contribution in [3.63, 3.8) is 0 Å². The number of carbonyl (C=O) groups excluding carboxylic acids is 2. The Hall–Kier alpha value is -3.10. The Bertz CT molecular complexity index is 536. The van der Waals surface area contributed by atoms with Gasteiger partial charge < -0.3 is 25.6 Å². The lowest BCUT2D eigenvalue weighted by Crippen LogP contribution is -2.23. The normalized spacial score (nSPS) is 9.45. The minimum absolute atomic E-state index is 0.0254. The number of anilines is 2. The fourth-order valence-electron chi connectivity index (χ4n) is 1.23. The Kier molecular flexibility index (Phi) is 4.62. The zero-order valence-corrected chi connectivity index (χ0v) is 10.2. The predicted octanol–water partition coefficient (Wildman–Crippen LogP) is -0.259. The summed E-state index contributed by atoms with van der Waals surface area (Å²) in [4.78, 5) is 42.9. The van der Waals surface area contributed by atoms with E-state index in [1.54, 1.807) is 0 Å². The highest BCUT2D eigenvalue weighted by molar-refractivity contribution is 6.37. The fraction of sp³-hybridized carbons (Fsp3) is 0.0909. The molecule has 1 aromatic rings. The molecule has 0 saturated heterocycles. The van der Waals surface area contributed by atoms with Crippen LogP contribution < -0.4 is 15.4 Å². The molecule has 0 bridgehead atoms. The maximum absolute atomic E-state index is 11.0. The van der Waals surface area contributed by atoms with Gasteiger partial charge in [-0.05, 0) is 6.07 Å². The molecule has 9 heteroatoms. The smallest absolute Gasteiger partial charge is 0.394 e. The van der Waals surface area contributed by atoms with E-state index < -0.39 is 23.8 Å². The number of carboxylic acid groups (broad SMARTS) is 2. The summed E-state index contributed by atoms with van der Waals surface area (Å²) in [5.41, 5.74) is 0.0508. The van der Waals surface area contributed by atoms with Gasteiger partial charge in [0.25, 0.3) is 0 Å². The van der Waals surface area contributed by atoms with Crippen molar-refractivity contribution < 1.29 is 34.1 Å². The Morgan fingerprint density at radius 1 is 0.900 bits per heavy atom. The molecule has 0 radical (unpaired) electrons. The third-order valence-electron chi connectivity index (χ3n) is 2.05. The van der Waals surface area contributed by atoms with E-state index in [9.17, 15) is 19.2 Å².